The van der Waals surface area contributed by atoms with Gasteiger partial charge in [0.1, 0.15) is 12.1 Å². The third-order valence-corrected chi connectivity index (χ3v) is 2.67. The quantitative estimate of drug-likeness (QED) is 0.842. The molecule has 0 unspecified atom stereocenters. The Morgan fingerprint density at radius 3 is 2.84 bits per heavy atom. The predicted molar refractivity (Wildman–Crippen MR) is 70.1 cm³/mol. The van der Waals surface area contributed by atoms with Gasteiger partial charge in [-0.05, 0) is 20.8 Å². The minimum atomic E-state index is -0.519. The Bertz CT molecular complexity index is 585. The number of carbonyl (C=O) groups excluding carboxylic acids is 1. The monoisotopic (exact) mass is 263 g/mol. The van der Waals surface area contributed by atoms with Crippen LogP contribution in [0.4, 0.5) is 5.82 Å². The molecule has 2 rings (SSSR count). The van der Waals surface area contributed by atoms with Gasteiger partial charge in [-0.3, -0.25) is 9.25 Å². The minimum absolute atomic E-state index is 0.124. The summed E-state index contributed by atoms with van der Waals surface area (Å²) in [6.07, 6.45) is 5.01. The van der Waals surface area contributed by atoms with Crippen molar-refractivity contribution in [2.75, 3.05) is 12.3 Å². The molecule has 0 aliphatic carbocycles. The fraction of sp³-hybridized carbons (Fsp3) is 0.417. The molecule has 2 heterocycles. The average molecular weight is 263 g/mol. The molecule has 102 valence electrons. The Morgan fingerprint density at radius 2 is 2.26 bits per heavy atom. The average Bonchev–Trinajstić information content (AvgIpc) is 2.95. The summed E-state index contributed by atoms with van der Waals surface area (Å²) in [5, 5.41) is 4.22. The van der Waals surface area contributed by atoms with E-state index in [0.29, 0.717) is 0 Å². The molecular weight excluding hydrogens is 246 g/mol. The number of aromatic nitrogens is 4. The van der Waals surface area contributed by atoms with Gasteiger partial charge in [0.2, 0.25) is 0 Å². The van der Waals surface area contributed by atoms with Crippen molar-refractivity contribution in [3.63, 3.8) is 0 Å². The molecule has 0 saturated carbocycles. The fourth-order valence-electron chi connectivity index (χ4n) is 1.66. The minimum Gasteiger partial charge on any atom is -0.461 e. The number of ether oxygens (including phenoxy) is 1. The number of rotatable bonds is 4. The molecule has 2 N–H and O–H groups in total. The van der Waals surface area contributed by atoms with Crippen LogP contribution < -0.4 is 5.73 Å². The van der Waals surface area contributed by atoms with Crippen LogP contribution in [0.3, 0.4) is 0 Å². The standard InChI is InChI=1S/C12H17N5O2/c1-4-19-12(18)10-11(13)16(7-14-10)9-5-15-17(6-9)8(2)3/h5-8H,4,13H2,1-3H3. The van der Waals surface area contributed by atoms with Crippen molar-refractivity contribution < 1.29 is 9.53 Å². The van der Waals surface area contributed by atoms with Gasteiger partial charge in [-0.2, -0.15) is 5.10 Å². The van der Waals surface area contributed by atoms with Gasteiger partial charge in [0.15, 0.2) is 5.69 Å². The topological polar surface area (TPSA) is 88.0 Å². The second kappa shape index (κ2) is 5.13. The first-order valence-corrected chi connectivity index (χ1v) is 6.09. The molecule has 7 heteroatoms. The molecular formula is C12H17N5O2. The lowest BCUT2D eigenvalue weighted by Crippen LogP contribution is -2.09. The SMILES string of the molecule is CCOC(=O)c1ncn(-c2cnn(C(C)C)c2)c1N. The third kappa shape index (κ3) is 2.44. The van der Waals surface area contributed by atoms with E-state index in [9.17, 15) is 4.79 Å². The van der Waals surface area contributed by atoms with Gasteiger partial charge in [0, 0.05) is 12.2 Å². The Kier molecular flexibility index (Phi) is 3.55. The highest BCUT2D eigenvalue weighted by Crippen LogP contribution is 2.18. The Labute approximate surface area is 111 Å². The summed E-state index contributed by atoms with van der Waals surface area (Å²) in [4.78, 5) is 15.6. The van der Waals surface area contributed by atoms with Gasteiger partial charge >= 0.3 is 5.97 Å². The van der Waals surface area contributed by atoms with Crippen molar-refractivity contribution in [1.29, 1.82) is 0 Å². The van der Waals surface area contributed by atoms with E-state index in [1.165, 1.54) is 6.33 Å². The van der Waals surface area contributed by atoms with Crippen LogP contribution in [0, 0.1) is 0 Å². The number of hydrogen-bond acceptors (Lipinski definition) is 5. The number of nitrogens with two attached hydrogens (primary N) is 1. The van der Waals surface area contributed by atoms with Crippen LogP contribution in [0.2, 0.25) is 0 Å². The van der Waals surface area contributed by atoms with Crippen LogP contribution in [0.25, 0.3) is 5.69 Å². The molecule has 0 amide bonds. The largest absolute Gasteiger partial charge is 0.461 e. The summed E-state index contributed by atoms with van der Waals surface area (Å²) < 4.78 is 8.30. The first kappa shape index (κ1) is 13.1. The van der Waals surface area contributed by atoms with Crippen molar-refractivity contribution in [1.82, 2.24) is 19.3 Å². The van der Waals surface area contributed by atoms with Crippen LogP contribution in [0.5, 0.6) is 0 Å². The number of nitrogens with zero attached hydrogens (tertiary/aromatic N) is 4. The first-order chi connectivity index (χ1) is 9.04. The van der Waals surface area contributed by atoms with Crippen molar-refractivity contribution in [2.45, 2.75) is 26.8 Å². The molecule has 0 aromatic carbocycles. The summed E-state index contributed by atoms with van der Waals surface area (Å²) in [7, 11) is 0. The molecule has 0 aliphatic heterocycles. The normalized spacial score (nSPS) is 10.9. The highest BCUT2D eigenvalue weighted by molar-refractivity contribution is 5.92. The van der Waals surface area contributed by atoms with Gasteiger partial charge in [-0.15, -0.1) is 0 Å². The van der Waals surface area contributed by atoms with Crippen molar-refractivity contribution in [3.05, 3.63) is 24.4 Å². The molecule has 2 aromatic rings. The zero-order chi connectivity index (χ0) is 14.0. The van der Waals surface area contributed by atoms with Gasteiger partial charge in [0.05, 0.1) is 18.5 Å². The molecule has 0 radical (unpaired) electrons. The maximum absolute atomic E-state index is 11.6. The number of esters is 1. The number of anilines is 1. The lowest BCUT2D eigenvalue weighted by Gasteiger charge is -2.04. The fourth-order valence-corrected chi connectivity index (χ4v) is 1.66. The second-order valence-electron chi connectivity index (χ2n) is 4.34. The van der Waals surface area contributed by atoms with Crippen LogP contribution in [0.15, 0.2) is 18.7 Å². The maximum atomic E-state index is 11.6. The van der Waals surface area contributed by atoms with Crippen molar-refractivity contribution in [3.8, 4) is 5.69 Å². The van der Waals surface area contributed by atoms with E-state index >= 15 is 0 Å². The molecule has 7 nitrogen and oxygen atoms in total. The third-order valence-electron chi connectivity index (χ3n) is 2.67. The van der Waals surface area contributed by atoms with Gasteiger partial charge in [-0.1, -0.05) is 0 Å². The zero-order valence-electron chi connectivity index (χ0n) is 11.2. The molecule has 0 saturated heterocycles. The number of hydrogen-bond donors (Lipinski definition) is 1. The van der Waals surface area contributed by atoms with Gasteiger partial charge in [-0.25, -0.2) is 9.78 Å². The molecule has 0 atom stereocenters. The van der Waals surface area contributed by atoms with Gasteiger partial charge in [0.25, 0.3) is 0 Å². The van der Waals surface area contributed by atoms with E-state index in [2.05, 4.69) is 10.1 Å². The van der Waals surface area contributed by atoms with Crippen LogP contribution >= 0.6 is 0 Å². The van der Waals surface area contributed by atoms with Gasteiger partial charge < -0.3 is 10.5 Å². The summed E-state index contributed by atoms with van der Waals surface area (Å²) >= 11 is 0. The van der Waals surface area contributed by atoms with E-state index in [4.69, 9.17) is 10.5 Å². The predicted octanol–water partition coefficient (Wildman–Crippen LogP) is 1.41. The Balaban J connectivity index is 2.33. The Hall–Kier alpha value is -2.31. The summed E-state index contributed by atoms with van der Waals surface area (Å²) in [5.74, 6) is -0.267. The van der Waals surface area contributed by atoms with Crippen molar-refractivity contribution in [2.24, 2.45) is 0 Å². The van der Waals surface area contributed by atoms with Crippen LogP contribution in [0.1, 0.15) is 37.3 Å². The van der Waals surface area contributed by atoms with Crippen LogP contribution in [-0.4, -0.2) is 31.9 Å². The number of carbonyl (C=O) groups is 1. The maximum Gasteiger partial charge on any atom is 0.360 e. The van der Waals surface area contributed by atoms with E-state index in [-0.39, 0.29) is 24.2 Å². The lowest BCUT2D eigenvalue weighted by molar-refractivity contribution is 0.0521. The smallest absolute Gasteiger partial charge is 0.360 e. The molecule has 19 heavy (non-hydrogen) atoms. The highest BCUT2D eigenvalue weighted by atomic mass is 16.5. The van der Waals surface area contributed by atoms with E-state index in [1.807, 2.05) is 20.0 Å². The molecule has 0 aliphatic rings. The van der Waals surface area contributed by atoms with Crippen molar-refractivity contribution >= 4 is 11.8 Å². The number of nitrogen functional groups attached to an aromatic ring is 1. The Morgan fingerprint density at radius 1 is 1.53 bits per heavy atom. The first-order valence-electron chi connectivity index (χ1n) is 6.09. The number of imidazole rings is 1. The van der Waals surface area contributed by atoms with E-state index in [0.717, 1.165) is 5.69 Å². The zero-order valence-corrected chi connectivity index (χ0v) is 11.2. The molecule has 0 spiro atoms. The highest BCUT2D eigenvalue weighted by Gasteiger charge is 2.18. The molecule has 0 fully saturated rings. The summed E-state index contributed by atoms with van der Waals surface area (Å²) in [6.45, 7) is 6.07. The van der Waals surface area contributed by atoms with E-state index in [1.54, 1.807) is 22.4 Å². The molecule has 2 aromatic heterocycles. The second-order valence-corrected chi connectivity index (χ2v) is 4.34. The lowest BCUT2D eigenvalue weighted by atomic mass is 10.4. The van der Waals surface area contributed by atoms with E-state index < -0.39 is 5.97 Å². The summed E-state index contributed by atoms with van der Waals surface area (Å²) in [6, 6.07) is 0.253. The molecule has 0 bridgehead atoms. The van der Waals surface area contributed by atoms with Crippen LogP contribution in [-0.2, 0) is 4.74 Å². The summed E-state index contributed by atoms with van der Waals surface area (Å²) in [5.41, 5.74) is 6.80.